The second kappa shape index (κ2) is 5.15. The lowest BCUT2D eigenvalue weighted by molar-refractivity contribution is 0.299. The number of hydrogen-bond acceptors (Lipinski definition) is 8. The van der Waals surface area contributed by atoms with Crippen molar-refractivity contribution in [2.75, 3.05) is 11.5 Å². The monoisotopic (exact) mass is 285 g/mol. The number of hydrogen-bond donors (Lipinski definition) is 2. The van der Waals surface area contributed by atoms with E-state index in [1.807, 2.05) is 0 Å². The number of ether oxygens (including phenoxy) is 1. The third-order valence-electron chi connectivity index (χ3n) is 1.96. The van der Waals surface area contributed by atoms with Crippen LogP contribution in [0, 0.1) is 4.91 Å². The molecule has 7 nitrogen and oxygen atoms in total. The van der Waals surface area contributed by atoms with Crippen molar-refractivity contribution in [2.45, 2.75) is 6.61 Å². The van der Waals surface area contributed by atoms with Crippen molar-refractivity contribution < 1.29 is 4.74 Å². The molecule has 0 unspecified atom stereocenters. The van der Waals surface area contributed by atoms with Crippen molar-refractivity contribution in [2.24, 2.45) is 5.18 Å². The van der Waals surface area contributed by atoms with Gasteiger partial charge in [-0.05, 0) is 11.2 Å². The van der Waals surface area contributed by atoms with Crippen molar-refractivity contribution in [3.05, 3.63) is 26.3 Å². The van der Waals surface area contributed by atoms with Crippen molar-refractivity contribution in [1.82, 2.24) is 9.97 Å². The number of rotatable bonds is 4. The highest BCUT2D eigenvalue weighted by Gasteiger charge is 2.14. The topological polar surface area (TPSA) is 116 Å². The van der Waals surface area contributed by atoms with E-state index in [1.165, 1.54) is 11.3 Å². The molecule has 0 aromatic carbocycles. The molecule has 0 aliphatic rings. The minimum Gasteiger partial charge on any atom is -0.470 e. The van der Waals surface area contributed by atoms with E-state index in [0.717, 1.165) is 4.88 Å². The molecular weight excluding hydrogens is 278 g/mol. The SMILES string of the molecule is Nc1nc(N)c(N=O)c(OCc2cc(Cl)cs2)n1. The van der Waals surface area contributed by atoms with E-state index in [4.69, 9.17) is 27.8 Å². The van der Waals surface area contributed by atoms with Crippen LogP contribution in [0.3, 0.4) is 0 Å². The van der Waals surface area contributed by atoms with E-state index in [0.29, 0.717) is 5.02 Å². The molecule has 4 N–H and O–H groups in total. The summed E-state index contributed by atoms with van der Waals surface area (Å²) >= 11 is 7.19. The van der Waals surface area contributed by atoms with Crippen LogP contribution in [0.4, 0.5) is 17.5 Å². The third kappa shape index (κ3) is 2.66. The van der Waals surface area contributed by atoms with E-state index in [1.54, 1.807) is 11.4 Å². The Morgan fingerprint density at radius 1 is 1.44 bits per heavy atom. The van der Waals surface area contributed by atoms with Gasteiger partial charge < -0.3 is 16.2 Å². The van der Waals surface area contributed by atoms with Gasteiger partial charge in [-0.2, -0.15) is 9.97 Å². The molecule has 0 bridgehead atoms. The van der Waals surface area contributed by atoms with E-state index in [9.17, 15) is 4.91 Å². The summed E-state index contributed by atoms with van der Waals surface area (Å²) in [6, 6.07) is 1.74. The Morgan fingerprint density at radius 3 is 2.83 bits per heavy atom. The minimum atomic E-state index is -0.160. The highest BCUT2D eigenvalue weighted by atomic mass is 35.5. The molecule has 0 aliphatic heterocycles. The molecule has 0 aliphatic carbocycles. The van der Waals surface area contributed by atoms with Gasteiger partial charge in [0.2, 0.25) is 11.6 Å². The van der Waals surface area contributed by atoms with Gasteiger partial charge in [-0.25, -0.2) is 0 Å². The molecule has 0 amide bonds. The molecular formula is C9H8ClN5O2S. The first-order valence-electron chi connectivity index (χ1n) is 4.72. The Morgan fingerprint density at radius 2 is 2.22 bits per heavy atom. The maximum Gasteiger partial charge on any atom is 0.251 e. The molecule has 2 aromatic heterocycles. The molecule has 0 spiro atoms. The average Bonchev–Trinajstić information content (AvgIpc) is 2.72. The van der Waals surface area contributed by atoms with Gasteiger partial charge >= 0.3 is 0 Å². The van der Waals surface area contributed by atoms with Crippen molar-refractivity contribution in [1.29, 1.82) is 0 Å². The summed E-state index contributed by atoms with van der Waals surface area (Å²) < 4.78 is 5.34. The summed E-state index contributed by atoms with van der Waals surface area (Å²) in [4.78, 5) is 18.9. The summed E-state index contributed by atoms with van der Waals surface area (Å²) in [5.41, 5.74) is 10.7. The fourth-order valence-electron chi connectivity index (χ4n) is 1.22. The smallest absolute Gasteiger partial charge is 0.251 e. The van der Waals surface area contributed by atoms with E-state index >= 15 is 0 Å². The number of anilines is 2. The van der Waals surface area contributed by atoms with Crippen LogP contribution >= 0.6 is 22.9 Å². The van der Waals surface area contributed by atoms with Gasteiger partial charge in [-0.3, -0.25) is 0 Å². The van der Waals surface area contributed by atoms with Crippen LogP contribution in [0.1, 0.15) is 4.88 Å². The van der Waals surface area contributed by atoms with E-state index < -0.39 is 0 Å². The second-order valence-electron chi connectivity index (χ2n) is 3.23. The van der Waals surface area contributed by atoms with Gasteiger partial charge in [0.15, 0.2) is 5.82 Å². The number of nitroso groups, excluding NO2 is 1. The van der Waals surface area contributed by atoms with Crippen LogP contribution in [0.5, 0.6) is 5.88 Å². The zero-order chi connectivity index (χ0) is 13.1. The number of nitrogen functional groups attached to an aromatic ring is 2. The first-order valence-corrected chi connectivity index (χ1v) is 5.98. The highest BCUT2D eigenvalue weighted by molar-refractivity contribution is 7.10. The average molecular weight is 286 g/mol. The standard InChI is InChI=1S/C9H8ClN5O2S/c10-4-1-5(18-3-4)2-17-8-6(15-16)7(11)13-9(12)14-8/h1,3H,2H2,(H4,11,12,13,14). The molecule has 0 saturated carbocycles. The number of halogens is 1. The lowest BCUT2D eigenvalue weighted by Gasteiger charge is -2.07. The lowest BCUT2D eigenvalue weighted by Crippen LogP contribution is -2.04. The summed E-state index contributed by atoms with van der Waals surface area (Å²) in [5, 5.41) is 5.11. The zero-order valence-corrected chi connectivity index (χ0v) is 10.5. The maximum absolute atomic E-state index is 10.6. The number of nitrogens with zero attached hydrogens (tertiary/aromatic N) is 3. The molecule has 0 radical (unpaired) electrons. The first-order chi connectivity index (χ1) is 8.60. The van der Waals surface area contributed by atoms with Gasteiger partial charge in [0, 0.05) is 10.3 Å². The maximum atomic E-state index is 10.6. The Bertz CT molecular complexity index is 588. The molecule has 2 aromatic rings. The van der Waals surface area contributed by atoms with Gasteiger partial charge in [0.05, 0.1) is 5.02 Å². The van der Waals surface area contributed by atoms with Crippen molar-refractivity contribution in [3.63, 3.8) is 0 Å². The second-order valence-corrected chi connectivity index (χ2v) is 4.66. The lowest BCUT2D eigenvalue weighted by atomic mass is 10.4. The molecule has 2 heterocycles. The predicted molar refractivity (Wildman–Crippen MR) is 70.0 cm³/mol. The normalized spacial score (nSPS) is 10.3. The first kappa shape index (κ1) is 12.5. The number of nitrogens with two attached hydrogens (primary N) is 2. The van der Waals surface area contributed by atoms with E-state index in [-0.39, 0.29) is 29.9 Å². The highest BCUT2D eigenvalue weighted by Crippen LogP contribution is 2.32. The molecule has 18 heavy (non-hydrogen) atoms. The van der Waals surface area contributed by atoms with Crippen LogP contribution in [-0.2, 0) is 6.61 Å². The summed E-state index contributed by atoms with van der Waals surface area (Å²) in [6.07, 6.45) is 0. The number of aromatic nitrogens is 2. The Kier molecular flexibility index (Phi) is 3.58. The Balaban J connectivity index is 2.20. The molecule has 9 heteroatoms. The largest absolute Gasteiger partial charge is 0.470 e. The van der Waals surface area contributed by atoms with Crippen LogP contribution in [0.2, 0.25) is 5.02 Å². The predicted octanol–water partition coefficient (Wildman–Crippen LogP) is 2.33. The quantitative estimate of drug-likeness (QED) is 0.833. The van der Waals surface area contributed by atoms with Crippen LogP contribution in [0.15, 0.2) is 16.6 Å². The molecule has 0 fully saturated rings. The van der Waals surface area contributed by atoms with Gasteiger partial charge in [-0.1, -0.05) is 11.6 Å². The van der Waals surface area contributed by atoms with Gasteiger partial charge in [0.25, 0.3) is 5.88 Å². The molecule has 0 saturated heterocycles. The van der Waals surface area contributed by atoms with Gasteiger partial charge in [0.1, 0.15) is 6.61 Å². The van der Waals surface area contributed by atoms with Gasteiger partial charge in [-0.15, -0.1) is 16.2 Å². The molecule has 2 rings (SSSR count). The summed E-state index contributed by atoms with van der Waals surface area (Å²) in [6.45, 7) is 0.190. The Labute approximate surface area is 111 Å². The van der Waals surface area contributed by atoms with Crippen LogP contribution in [0.25, 0.3) is 0 Å². The zero-order valence-electron chi connectivity index (χ0n) is 8.96. The van der Waals surface area contributed by atoms with Crippen LogP contribution in [-0.4, -0.2) is 9.97 Å². The summed E-state index contributed by atoms with van der Waals surface area (Å²) in [5.74, 6) is -0.240. The Hall–Kier alpha value is -1.93. The van der Waals surface area contributed by atoms with Crippen LogP contribution < -0.4 is 16.2 Å². The fraction of sp³-hybridized carbons (Fsp3) is 0.111. The molecule has 94 valence electrons. The third-order valence-corrected chi connectivity index (χ3v) is 3.22. The fourth-order valence-corrected chi connectivity index (χ4v) is 2.21. The summed E-state index contributed by atoms with van der Waals surface area (Å²) in [7, 11) is 0. The van der Waals surface area contributed by atoms with Crippen molar-refractivity contribution in [3.8, 4) is 5.88 Å². The minimum absolute atomic E-state index is 0.0421. The van der Waals surface area contributed by atoms with Crippen molar-refractivity contribution >= 4 is 40.4 Å². The number of thiophene rings is 1. The van der Waals surface area contributed by atoms with E-state index in [2.05, 4.69) is 15.1 Å². The molecule has 0 atom stereocenters.